The van der Waals surface area contributed by atoms with Gasteiger partial charge in [0.25, 0.3) is 0 Å². The predicted octanol–water partition coefficient (Wildman–Crippen LogP) is 2.56. The van der Waals surface area contributed by atoms with E-state index in [-0.39, 0.29) is 5.71 Å². The summed E-state index contributed by atoms with van der Waals surface area (Å²) in [6.45, 7) is 2.65. The smallest absolute Gasteiger partial charge is 0.306 e. The highest BCUT2D eigenvalue weighted by Gasteiger charge is 2.33. The van der Waals surface area contributed by atoms with Crippen LogP contribution in [0.3, 0.4) is 0 Å². The third kappa shape index (κ3) is 3.90. The molecule has 0 radical (unpaired) electrons. The molecule has 0 saturated carbocycles. The number of nitrogens with zero attached hydrogens (tertiary/aromatic N) is 1. The molecule has 0 spiro atoms. The van der Waals surface area contributed by atoms with Crippen molar-refractivity contribution in [2.24, 2.45) is 4.99 Å². The highest BCUT2D eigenvalue weighted by atomic mass is 19.4. The van der Waals surface area contributed by atoms with Gasteiger partial charge in [0.2, 0.25) is 0 Å². The van der Waals surface area contributed by atoms with Crippen molar-refractivity contribution in [2.45, 2.75) is 20.0 Å². The topological polar surface area (TPSA) is 36.2 Å². The van der Waals surface area contributed by atoms with Crippen molar-refractivity contribution in [1.82, 2.24) is 0 Å². The lowest BCUT2D eigenvalue weighted by Crippen LogP contribution is -2.11. The van der Waals surface area contributed by atoms with Crippen LogP contribution in [0.25, 0.3) is 0 Å². The molecule has 68 valence electrons. The van der Waals surface area contributed by atoms with E-state index in [0.29, 0.717) is 6.08 Å². The summed E-state index contributed by atoms with van der Waals surface area (Å²) in [5.41, 5.74) is -1.22. The van der Waals surface area contributed by atoms with Gasteiger partial charge in [-0.25, -0.2) is 0 Å². The lowest BCUT2D eigenvalue weighted by atomic mass is 10.3. The van der Waals surface area contributed by atoms with Crippen LogP contribution < -0.4 is 0 Å². The Bertz CT molecular complexity index is 225. The highest BCUT2D eigenvalue weighted by molar-refractivity contribution is 5.90. The second kappa shape index (κ2) is 4.04. The van der Waals surface area contributed by atoms with Gasteiger partial charge < -0.3 is 5.41 Å². The molecule has 12 heavy (non-hydrogen) atoms. The number of hydrogen-bond donors (Lipinski definition) is 1. The molecule has 2 nitrogen and oxygen atoms in total. The molecule has 0 aromatic rings. The zero-order valence-electron chi connectivity index (χ0n) is 6.74. The van der Waals surface area contributed by atoms with Crippen molar-refractivity contribution < 1.29 is 13.2 Å². The van der Waals surface area contributed by atoms with E-state index < -0.39 is 11.9 Å². The maximum absolute atomic E-state index is 12.0. The molecule has 0 aliphatic rings. The number of aliphatic imine (C=N–C) groups is 1. The molecule has 0 aliphatic carbocycles. The summed E-state index contributed by atoms with van der Waals surface area (Å²) in [7, 11) is 0. The molecular formula is C7H9F3N2. The Hall–Kier alpha value is -1.13. The van der Waals surface area contributed by atoms with Crippen LogP contribution in [0.5, 0.6) is 0 Å². The largest absolute Gasteiger partial charge is 0.433 e. The summed E-state index contributed by atoms with van der Waals surface area (Å²) < 4.78 is 36.0. The minimum Gasteiger partial charge on any atom is -0.306 e. The molecule has 0 heterocycles. The molecule has 0 bridgehead atoms. The summed E-state index contributed by atoms with van der Waals surface area (Å²) in [5, 5.41) is 6.83. The van der Waals surface area contributed by atoms with E-state index in [1.807, 2.05) is 0 Å². The van der Waals surface area contributed by atoms with E-state index in [1.54, 1.807) is 0 Å². The number of halogens is 3. The molecule has 0 unspecified atom stereocenters. The number of allylic oxidation sites excluding steroid dienone is 2. The molecule has 0 saturated heterocycles. The lowest BCUT2D eigenvalue weighted by molar-refractivity contribution is -0.0921. The number of hydrogen-bond acceptors (Lipinski definition) is 2. The first kappa shape index (κ1) is 10.9. The van der Waals surface area contributed by atoms with E-state index in [2.05, 4.69) is 4.99 Å². The van der Waals surface area contributed by atoms with Crippen molar-refractivity contribution in [3.8, 4) is 0 Å². The van der Waals surface area contributed by atoms with Crippen LogP contribution in [0.4, 0.5) is 13.2 Å². The minimum atomic E-state index is -4.48. The van der Waals surface area contributed by atoms with Crippen LogP contribution in [0.15, 0.2) is 16.8 Å². The van der Waals surface area contributed by atoms with E-state index in [0.717, 1.165) is 6.21 Å². The zero-order valence-corrected chi connectivity index (χ0v) is 6.74. The van der Waals surface area contributed by atoms with Crippen molar-refractivity contribution in [1.29, 1.82) is 5.41 Å². The first-order chi connectivity index (χ1) is 5.38. The highest BCUT2D eigenvalue weighted by Crippen LogP contribution is 2.26. The van der Waals surface area contributed by atoms with Crippen LogP contribution in [0.2, 0.25) is 0 Å². The van der Waals surface area contributed by atoms with Crippen molar-refractivity contribution in [3.05, 3.63) is 11.8 Å². The van der Waals surface area contributed by atoms with Gasteiger partial charge in [0.05, 0.1) is 0 Å². The van der Waals surface area contributed by atoms with Crippen LogP contribution in [-0.2, 0) is 0 Å². The van der Waals surface area contributed by atoms with Gasteiger partial charge in [-0.3, -0.25) is 4.99 Å². The summed E-state index contributed by atoms with van der Waals surface area (Å²) >= 11 is 0. The summed E-state index contributed by atoms with van der Waals surface area (Å²) in [6, 6.07) is 0. The van der Waals surface area contributed by atoms with Gasteiger partial charge in [0.15, 0.2) is 0 Å². The average Bonchev–Trinajstić information content (AvgIpc) is 1.83. The quantitative estimate of drug-likeness (QED) is 0.631. The second-order valence-electron chi connectivity index (χ2n) is 2.10. The summed E-state index contributed by atoms with van der Waals surface area (Å²) in [4.78, 5) is 3.11. The van der Waals surface area contributed by atoms with Gasteiger partial charge in [0.1, 0.15) is 5.70 Å². The Kier molecular flexibility index (Phi) is 3.66. The Balaban J connectivity index is 4.80. The standard InChI is InChI=1S/C7H9F3N2/c1-3-12-6(4-5(2)11)7(8,9)10/h3-4,11H,1-2H3/b6-4-,11-5?,12-3-. The first-order valence-electron chi connectivity index (χ1n) is 3.20. The van der Waals surface area contributed by atoms with Crippen molar-refractivity contribution in [3.63, 3.8) is 0 Å². The molecule has 0 atom stereocenters. The Morgan fingerprint density at radius 1 is 1.42 bits per heavy atom. The molecule has 0 fully saturated rings. The van der Waals surface area contributed by atoms with Crippen LogP contribution in [0, 0.1) is 5.41 Å². The van der Waals surface area contributed by atoms with Crippen molar-refractivity contribution >= 4 is 11.9 Å². The average molecular weight is 178 g/mol. The molecule has 5 heteroatoms. The molecule has 0 amide bonds. The Labute approximate surface area is 68.3 Å². The van der Waals surface area contributed by atoms with Crippen molar-refractivity contribution in [2.75, 3.05) is 0 Å². The molecule has 0 rings (SSSR count). The fraction of sp³-hybridized carbons (Fsp3) is 0.429. The molecule has 1 N–H and O–H groups in total. The number of alkyl halides is 3. The summed E-state index contributed by atoms with van der Waals surface area (Å²) in [6.07, 6.45) is -2.75. The Morgan fingerprint density at radius 2 is 1.92 bits per heavy atom. The third-order valence-electron chi connectivity index (χ3n) is 0.912. The van der Waals surface area contributed by atoms with Gasteiger partial charge in [-0.1, -0.05) is 0 Å². The monoisotopic (exact) mass is 178 g/mol. The van der Waals surface area contributed by atoms with Crippen LogP contribution in [0.1, 0.15) is 13.8 Å². The fourth-order valence-corrected chi connectivity index (χ4v) is 0.536. The van der Waals surface area contributed by atoms with E-state index in [9.17, 15) is 13.2 Å². The van der Waals surface area contributed by atoms with Gasteiger partial charge in [-0.15, -0.1) is 0 Å². The Morgan fingerprint density at radius 3 is 2.17 bits per heavy atom. The van der Waals surface area contributed by atoms with Crippen LogP contribution in [-0.4, -0.2) is 18.1 Å². The SMILES string of the molecule is C/C=N\C(=C/C(C)=N)C(F)(F)F. The molecule has 0 aromatic carbocycles. The molecule has 0 aromatic heterocycles. The first-order valence-corrected chi connectivity index (χ1v) is 3.20. The van der Waals surface area contributed by atoms with Gasteiger partial charge in [0, 0.05) is 11.9 Å². The normalized spacial score (nSPS) is 13.9. The fourth-order valence-electron chi connectivity index (χ4n) is 0.536. The van der Waals surface area contributed by atoms with E-state index in [1.165, 1.54) is 13.8 Å². The number of nitrogens with one attached hydrogen (secondary N) is 1. The minimum absolute atomic E-state index is 0.173. The third-order valence-corrected chi connectivity index (χ3v) is 0.912. The van der Waals surface area contributed by atoms with Gasteiger partial charge in [-0.05, 0) is 19.9 Å². The molecule has 0 aliphatic heterocycles. The van der Waals surface area contributed by atoms with Gasteiger partial charge in [-0.2, -0.15) is 13.2 Å². The van der Waals surface area contributed by atoms with E-state index in [4.69, 9.17) is 5.41 Å². The lowest BCUT2D eigenvalue weighted by Gasteiger charge is -2.05. The summed E-state index contributed by atoms with van der Waals surface area (Å²) in [5.74, 6) is 0. The predicted molar refractivity (Wildman–Crippen MR) is 41.7 cm³/mol. The van der Waals surface area contributed by atoms with Gasteiger partial charge >= 0.3 is 6.18 Å². The maximum Gasteiger partial charge on any atom is 0.433 e. The zero-order chi connectivity index (χ0) is 9.78. The number of rotatable bonds is 2. The van der Waals surface area contributed by atoms with Crippen LogP contribution >= 0.6 is 0 Å². The van der Waals surface area contributed by atoms with E-state index >= 15 is 0 Å². The second-order valence-corrected chi connectivity index (χ2v) is 2.10. The molecular weight excluding hydrogens is 169 g/mol. The maximum atomic E-state index is 12.0.